The van der Waals surface area contributed by atoms with Crippen LogP contribution in [0.1, 0.15) is 42.2 Å². The van der Waals surface area contributed by atoms with Crippen LogP contribution in [-0.2, 0) is 10.0 Å². The molecule has 2 aromatic carbocycles. The second-order valence-corrected chi connectivity index (χ2v) is 8.86. The summed E-state index contributed by atoms with van der Waals surface area (Å²) in [6, 6.07) is 16.4. The Morgan fingerprint density at radius 3 is 2.31 bits per heavy atom. The zero-order valence-electron chi connectivity index (χ0n) is 15.6. The van der Waals surface area contributed by atoms with E-state index in [-0.39, 0.29) is 11.9 Å². The van der Waals surface area contributed by atoms with Gasteiger partial charge in [0.05, 0.1) is 18.0 Å². The Bertz CT molecular complexity index is 848. The normalized spacial score (nSPS) is 12.7. The molecule has 0 saturated heterocycles. The first-order chi connectivity index (χ1) is 12.2. The Morgan fingerprint density at radius 1 is 1.08 bits per heavy atom. The van der Waals surface area contributed by atoms with Gasteiger partial charge in [0.25, 0.3) is 5.91 Å². The highest BCUT2D eigenvalue weighted by molar-refractivity contribution is 7.92. The molecule has 0 saturated carbocycles. The number of rotatable bonds is 7. The van der Waals surface area contributed by atoms with Crippen LogP contribution in [0.5, 0.6) is 0 Å². The standard InChI is InChI=1S/C20H26N2O3S/c1-15(2)13-19(16-9-6-5-7-10-16)21-20(23)17-11-8-12-18(14-17)22(3)26(4,24)25/h5-12,14-15,19H,13H2,1-4H3,(H,21,23)/t19-/m1/s1. The lowest BCUT2D eigenvalue weighted by Crippen LogP contribution is -2.30. The van der Waals surface area contributed by atoms with Gasteiger partial charge >= 0.3 is 0 Å². The molecule has 0 aliphatic rings. The maximum absolute atomic E-state index is 12.8. The summed E-state index contributed by atoms with van der Waals surface area (Å²) in [5.74, 6) is 0.200. The summed E-state index contributed by atoms with van der Waals surface area (Å²) in [4.78, 5) is 12.8. The molecule has 6 heteroatoms. The first-order valence-corrected chi connectivity index (χ1v) is 10.4. The molecule has 140 valence electrons. The third-order valence-electron chi connectivity index (χ3n) is 4.18. The molecule has 2 rings (SSSR count). The second-order valence-electron chi connectivity index (χ2n) is 6.85. The van der Waals surface area contributed by atoms with Crippen molar-refractivity contribution in [3.63, 3.8) is 0 Å². The predicted octanol–water partition coefficient (Wildman–Crippen LogP) is 3.60. The first kappa shape index (κ1) is 20.0. The zero-order chi connectivity index (χ0) is 19.3. The number of hydrogen-bond acceptors (Lipinski definition) is 3. The fourth-order valence-corrected chi connectivity index (χ4v) is 3.21. The van der Waals surface area contributed by atoms with E-state index < -0.39 is 10.0 Å². The molecule has 0 fully saturated rings. The van der Waals surface area contributed by atoms with E-state index in [9.17, 15) is 13.2 Å². The summed E-state index contributed by atoms with van der Waals surface area (Å²) in [5, 5.41) is 3.08. The average Bonchev–Trinajstić information content (AvgIpc) is 2.60. The molecule has 0 aliphatic carbocycles. The molecule has 0 aliphatic heterocycles. The number of benzene rings is 2. The molecule has 2 aromatic rings. The minimum absolute atomic E-state index is 0.0972. The van der Waals surface area contributed by atoms with E-state index in [0.717, 1.165) is 22.5 Å². The van der Waals surface area contributed by atoms with Gasteiger partial charge in [-0.15, -0.1) is 0 Å². The molecule has 26 heavy (non-hydrogen) atoms. The number of nitrogens with zero attached hydrogens (tertiary/aromatic N) is 1. The summed E-state index contributed by atoms with van der Waals surface area (Å²) >= 11 is 0. The first-order valence-electron chi connectivity index (χ1n) is 8.58. The molecule has 1 atom stereocenters. The molecule has 0 radical (unpaired) electrons. The number of carbonyl (C=O) groups is 1. The number of sulfonamides is 1. The number of hydrogen-bond donors (Lipinski definition) is 1. The second kappa shape index (κ2) is 8.36. The van der Waals surface area contributed by atoms with Gasteiger partial charge in [-0.05, 0) is 36.1 Å². The van der Waals surface area contributed by atoms with E-state index in [0.29, 0.717) is 17.2 Å². The van der Waals surface area contributed by atoms with Crippen LogP contribution < -0.4 is 9.62 Å². The topological polar surface area (TPSA) is 66.5 Å². The lowest BCUT2D eigenvalue weighted by Gasteiger charge is -2.22. The van der Waals surface area contributed by atoms with Gasteiger partial charge in [0.2, 0.25) is 10.0 Å². The Labute approximate surface area is 156 Å². The van der Waals surface area contributed by atoms with Gasteiger partial charge < -0.3 is 5.32 Å². The fraction of sp³-hybridized carbons (Fsp3) is 0.350. The number of nitrogens with one attached hydrogen (secondary N) is 1. The van der Waals surface area contributed by atoms with E-state index >= 15 is 0 Å². The Hall–Kier alpha value is -2.34. The van der Waals surface area contributed by atoms with Gasteiger partial charge in [0.15, 0.2) is 0 Å². The highest BCUT2D eigenvalue weighted by atomic mass is 32.2. The summed E-state index contributed by atoms with van der Waals surface area (Å²) in [6.45, 7) is 4.23. The Balaban J connectivity index is 2.24. The minimum atomic E-state index is -3.38. The van der Waals surface area contributed by atoms with E-state index in [1.165, 1.54) is 7.05 Å². The smallest absolute Gasteiger partial charge is 0.251 e. The van der Waals surface area contributed by atoms with E-state index in [2.05, 4.69) is 19.2 Å². The number of carbonyl (C=O) groups excluding carboxylic acids is 1. The number of amides is 1. The predicted molar refractivity (Wildman–Crippen MR) is 106 cm³/mol. The molecular formula is C20H26N2O3S. The maximum atomic E-state index is 12.8. The molecule has 0 bridgehead atoms. The van der Waals surface area contributed by atoms with Crippen LogP contribution in [0.25, 0.3) is 0 Å². The van der Waals surface area contributed by atoms with Crippen molar-refractivity contribution in [2.24, 2.45) is 5.92 Å². The average molecular weight is 375 g/mol. The minimum Gasteiger partial charge on any atom is -0.345 e. The SMILES string of the molecule is CC(C)C[C@@H](NC(=O)c1cccc(N(C)S(C)(=O)=O)c1)c1ccccc1. The van der Waals surface area contributed by atoms with Crippen LogP contribution in [0.2, 0.25) is 0 Å². The fourth-order valence-electron chi connectivity index (χ4n) is 2.71. The molecular weight excluding hydrogens is 348 g/mol. The van der Waals surface area contributed by atoms with Crippen molar-refractivity contribution in [2.45, 2.75) is 26.3 Å². The summed E-state index contributed by atoms with van der Waals surface area (Å²) in [7, 11) is -1.91. The van der Waals surface area contributed by atoms with Crippen molar-refractivity contribution in [3.8, 4) is 0 Å². The van der Waals surface area contributed by atoms with Gasteiger partial charge in [-0.25, -0.2) is 8.42 Å². The van der Waals surface area contributed by atoms with Crippen LogP contribution in [-0.4, -0.2) is 27.6 Å². The molecule has 0 unspecified atom stereocenters. The lowest BCUT2D eigenvalue weighted by atomic mass is 9.96. The number of anilines is 1. The molecule has 5 nitrogen and oxygen atoms in total. The Morgan fingerprint density at radius 2 is 1.73 bits per heavy atom. The molecule has 0 spiro atoms. The molecule has 1 N–H and O–H groups in total. The summed E-state index contributed by atoms with van der Waals surface area (Å²) in [6.07, 6.45) is 1.95. The van der Waals surface area contributed by atoms with Crippen LogP contribution in [0.4, 0.5) is 5.69 Å². The van der Waals surface area contributed by atoms with Gasteiger partial charge in [-0.3, -0.25) is 9.10 Å². The quantitative estimate of drug-likeness (QED) is 0.805. The lowest BCUT2D eigenvalue weighted by molar-refractivity contribution is 0.0932. The van der Waals surface area contributed by atoms with Crippen LogP contribution in [0.15, 0.2) is 54.6 Å². The van der Waals surface area contributed by atoms with Gasteiger partial charge in [-0.2, -0.15) is 0 Å². The highest BCUT2D eigenvalue weighted by Crippen LogP contribution is 2.23. The summed E-state index contributed by atoms with van der Waals surface area (Å²) in [5.41, 5.74) is 1.95. The molecule has 1 amide bonds. The van der Waals surface area contributed by atoms with Crippen LogP contribution in [0, 0.1) is 5.92 Å². The van der Waals surface area contributed by atoms with Crippen molar-refractivity contribution >= 4 is 21.6 Å². The van der Waals surface area contributed by atoms with Crippen LogP contribution >= 0.6 is 0 Å². The van der Waals surface area contributed by atoms with E-state index in [1.54, 1.807) is 24.3 Å². The third kappa shape index (κ3) is 5.33. The third-order valence-corrected chi connectivity index (χ3v) is 5.39. The highest BCUT2D eigenvalue weighted by Gasteiger charge is 2.18. The molecule has 0 aromatic heterocycles. The van der Waals surface area contributed by atoms with Crippen molar-refractivity contribution < 1.29 is 13.2 Å². The maximum Gasteiger partial charge on any atom is 0.251 e. The monoisotopic (exact) mass is 374 g/mol. The van der Waals surface area contributed by atoms with Crippen molar-refractivity contribution in [3.05, 3.63) is 65.7 Å². The Kier molecular flexibility index (Phi) is 6.42. The van der Waals surface area contributed by atoms with Gasteiger partial charge in [-0.1, -0.05) is 50.2 Å². The molecule has 0 heterocycles. The van der Waals surface area contributed by atoms with Crippen molar-refractivity contribution in [1.82, 2.24) is 5.32 Å². The largest absolute Gasteiger partial charge is 0.345 e. The van der Waals surface area contributed by atoms with Crippen molar-refractivity contribution in [1.29, 1.82) is 0 Å². The van der Waals surface area contributed by atoms with Gasteiger partial charge in [0, 0.05) is 12.6 Å². The van der Waals surface area contributed by atoms with Crippen LogP contribution in [0.3, 0.4) is 0 Å². The zero-order valence-corrected chi connectivity index (χ0v) is 16.5. The van der Waals surface area contributed by atoms with Gasteiger partial charge in [0.1, 0.15) is 0 Å². The van der Waals surface area contributed by atoms with Crippen molar-refractivity contribution in [2.75, 3.05) is 17.6 Å². The van der Waals surface area contributed by atoms with E-state index in [1.807, 2.05) is 30.3 Å². The van der Waals surface area contributed by atoms with E-state index in [4.69, 9.17) is 0 Å². The summed E-state index contributed by atoms with van der Waals surface area (Å²) < 4.78 is 24.6.